The van der Waals surface area contributed by atoms with Gasteiger partial charge in [-0.1, -0.05) is 58.1 Å². The van der Waals surface area contributed by atoms with E-state index in [0.717, 1.165) is 75.2 Å². The van der Waals surface area contributed by atoms with E-state index in [-0.39, 0.29) is 34.0 Å². The molecule has 44 heavy (non-hydrogen) atoms. The Morgan fingerprint density at radius 3 is 2.14 bits per heavy atom. The summed E-state index contributed by atoms with van der Waals surface area (Å²) in [6.07, 6.45) is 12.5. The molecule has 4 saturated carbocycles. The quantitative estimate of drug-likeness (QED) is 0.328. The molecule has 0 aromatic heterocycles. The van der Waals surface area contributed by atoms with E-state index in [2.05, 4.69) is 52.0 Å². The van der Waals surface area contributed by atoms with Crippen LogP contribution in [0.3, 0.4) is 0 Å². The van der Waals surface area contributed by atoms with Crippen molar-refractivity contribution in [1.29, 1.82) is 0 Å². The van der Waals surface area contributed by atoms with E-state index in [9.17, 15) is 23.1 Å². The predicted molar refractivity (Wildman–Crippen MR) is 174 cm³/mol. The van der Waals surface area contributed by atoms with E-state index >= 15 is 0 Å². The molecule has 6 rings (SSSR count). The third-order valence-electron chi connectivity index (χ3n) is 14.3. The Labute approximate surface area is 264 Å². The van der Waals surface area contributed by atoms with Gasteiger partial charge in [0.05, 0.1) is 17.2 Å². The maximum Gasteiger partial charge on any atom is 0.335 e. The Bertz CT molecular complexity index is 1520. The number of benzene rings is 1. The van der Waals surface area contributed by atoms with Crippen molar-refractivity contribution in [2.45, 2.75) is 92.4 Å². The van der Waals surface area contributed by atoms with Crippen molar-refractivity contribution in [3.05, 3.63) is 53.6 Å². The van der Waals surface area contributed by atoms with Crippen LogP contribution in [0.4, 0.5) is 0 Å². The van der Waals surface area contributed by atoms with Crippen LogP contribution in [-0.4, -0.2) is 31.7 Å². The number of carboxylic acid groups (broad SMARTS) is 1. The zero-order valence-corrected chi connectivity index (χ0v) is 28.2. The molecule has 0 bridgehead atoms. The number of carbonyl (C=O) groups excluding carboxylic acids is 1. The van der Waals surface area contributed by atoms with Crippen molar-refractivity contribution in [1.82, 2.24) is 4.72 Å². The van der Waals surface area contributed by atoms with Gasteiger partial charge in [-0.2, -0.15) is 0 Å². The first-order valence-corrected chi connectivity index (χ1v) is 18.6. The fourth-order valence-electron chi connectivity index (χ4n) is 12.0. The lowest BCUT2D eigenvalue weighted by Crippen LogP contribution is -2.64. The van der Waals surface area contributed by atoms with E-state index in [1.54, 1.807) is 12.1 Å². The Kier molecular flexibility index (Phi) is 7.39. The summed E-state index contributed by atoms with van der Waals surface area (Å²) >= 11 is 0. The molecule has 4 fully saturated rings. The average molecular weight is 622 g/mol. The summed E-state index contributed by atoms with van der Waals surface area (Å²) in [7, 11) is -3.64. The molecule has 9 unspecified atom stereocenters. The van der Waals surface area contributed by atoms with Crippen LogP contribution < -0.4 is 4.72 Å². The smallest absolute Gasteiger partial charge is 0.335 e. The van der Waals surface area contributed by atoms with Crippen LogP contribution in [0, 0.1) is 57.2 Å². The molecule has 5 aliphatic rings. The maximum atomic E-state index is 13.8. The summed E-state index contributed by atoms with van der Waals surface area (Å²) in [5.41, 5.74) is 3.47. The van der Waals surface area contributed by atoms with Gasteiger partial charge < -0.3 is 5.11 Å². The van der Waals surface area contributed by atoms with Crippen LogP contribution in [0.5, 0.6) is 0 Å². The van der Waals surface area contributed by atoms with E-state index in [1.807, 2.05) is 12.1 Å². The Morgan fingerprint density at radius 2 is 1.52 bits per heavy atom. The summed E-state index contributed by atoms with van der Waals surface area (Å²) < 4.78 is 26.9. The molecule has 9 atom stereocenters. The van der Waals surface area contributed by atoms with Gasteiger partial charge in [-0.25, -0.2) is 13.2 Å². The lowest BCUT2D eigenvalue weighted by molar-refractivity contribution is -0.203. The number of rotatable bonds is 5. The minimum absolute atomic E-state index is 0.0192. The summed E-state index contributed by atoms with van der Waals surface area (Å²) in [6.45, 7) is 16.3. The zero-order valence-electron chi connectivity index (χ0n) is 27.4. The fourth-order valence-corrected chi connectivity index (χ4v) is 12.5. The van der Waals surface area contributed by atoms with Crippen molar-refractivity contribution in [3.8, 4) is 0 Å². The first-order valence-electron chi connectivity index (χ1n) is 16.7. The van der Waals surface area contributed by atoms with Crippen LogP contribution in [0.2, 0.25) is 0 Å². The topological polar surface area (TPSA) is 101 Å². The van der Waals surface area contributed by atoms with Crippen molar-refractivity contribution >= 4 is 27.5 Å². The number of hydrogen-bond donors (Lipinski definition) is 2. The number of aromatic carboxylic acids is 1. The van der Waals surface area contributed by atoms with Gasteiger partial charge in [0.1, 0.15) is 0 Å². The van der Waals surface area contributed by atoms with Crippen LogP contribution in [-0.2, 0) is 14.8 Å². The molecule has 5 aliphatic carbocycles. The van der Waals surface area contributed by atoms with Gasteiger partial charge >= 0.3 is 5.97 Å². The van der Waals surface area contributed by atoms with Crippen molar-refractivity contribution in [2.24, 2.45) is 57.2 Å². The third kappa shape index (κ3) is 4.49. The van der Waals surface area contributed by atoms with Gasteiger partial charge in [-0.15, -0.1) is 0 Å². The second kappa shape index (κ2) is 10.3. The molecule has 0 radical (unpaired) electrons. The molecule has 1 amide bonds. The SMILES string of the molecule is C=C(C)C1CCC2(C(=O)NS(C)(=O)=O)CCC3(C)C(CCC4C5CC=C(c6ccc(C(=O)O)cc6)C(C)(C)C5CCC43C)C12. The lowest BCUT2D eigenvalue weighted by atomic mass is 9.35. The van der Waals surface area contributed by atoms with Crippen LogP contribution in [0.15, 0.2) is 42.5 Å². The largest absolute Gasteiger partial charge is 0.478 e. The minimum Gasteiger partial charge on any atom is -0.478 e. The third-order valence-corrected chi connectivity index (χ3v) is 14.8. The van der Waals surface area contributed by atoms with E-state index in [0.29, 0.717) is 29.2 Å². The zero-order chi connectivity index (χ0) is 32.0. The molecule has 1 aromatic carbocycles. The molecule has 1 aromatic rings. The van der Waals surface area contributed by atoms with Crippen molar-refractivity contribution in [2.75, 3.05) is 6.26 Å². The summed E-state index contributed by atoms with van der Waals surface area (Å²) in [5.74, 6) is 1.28. The highest BCUT2D eigenvalue weighted by Gasteiger charge is 2.69. The van der Waals surface area contributed by atoms with E-state index in [4.69, 9.17) is 0 Å². The number of nitrogens with one attached hydrogen (secondary N) is 1. The summed E-state index contributed by atoms with van der Waals surface area (Å²) in [4.78, 5) is 25.3. The van der Waals surface area contributed by atoms with Gasteiger partial charge in [0.2, 0.25) is 15.9 Å². The number of carbonyl (C=O) groups is 2. The minimum atomic E-state index is -3.64. The molecule has 7 heteroatoms. The second-order valence-corrected chi connectivity index (χ2v) is 18.0. The summed E-state index contributed by atoms with van der Waals surface area (Å²) in [5, 5.41) is 9.40. The average Bonchev–Trinajstić information content (AvgIpc) is 3.34. The number of hydrogen-bond acceptors (Lipinski definition) is 4. The Balaban J connectivity index is 1.33. The Hall–Kier alpha value is -2.41. The molecule has 6 nitrogen and oxygen atoms in total. The van der Waals surface area contributed by atoms with Gasteiger partial charge in [0.25, 0.3) is 0 Å². The van der Waals surface area contributed by atoms with Crippen molar-refractivity contribution < 1.29 is 23.1 Å². The Morgan fingerprint density at radius 1 is 0.886 bits per heavy atom. The van der Waals surface area contributed by atoms with Gasteiger partial charge in [-0.05, 0) is 140 Å². The number of carboxylic acids is 1. The molecule has 0 spiro atoms. The highest BCUT2D eigenvalue weighted by Crippen LogP contribution is 2.75. The van der Waals surface area contributed by atoms with Crippen LogP contribution in [0.25, 0.3) is 5.57 Å². The molecule has 0 aliphatic heterocycles. The van der Waals surface area contributed by atoms with E-state index in [1.165, 1.54) is 5.57 Å². The predicted octanol–water partition coefficient (Wildman–Crippen LogP) is 7.72. The second-order valence-electron chi connectivity index (χ2n) is 16.3. The molecule has 0 heterocycles. The standard InChI is InChI=1S/C37H51NO5S/c1-22(2)25-16-19-37(33(41)38-44(7,42)43)21-20-36(6)30(31(25)37)15-14-29-26-12-13-27(23-8-10-24(11-9-23)32(39)40)34(3,4)28(26)17-18-35(29,36)5/h8-11,13,25-26,28-31H,1,12,14-21H2,2-7H3,(H,38,41)(H,39,40). The van der Waals surface area contributed by atoms with Gasteiger partial charge in [0, 0.05) is 0 Å². The number of sulfonamides is 1. The van der Waals surface area contributed by atoms with Gasteiger partial charge in [0.15, 0.2) is 0 Å². The molecule has 2 N–H and O–H groups in total. The first-order chi connectivity index (χ1) is 20.5. The normalized spacial score (nSPS) is 40.8. The van der Waals surface area contributed by atoms with Crippen molar-refractivity contribution in [3.63, 3.8) is 0 Å². The monoisotopic (exact) mass is 621 g/mol. The van der Waals surface area contributed by atoms with Gasteiger partial charge in [-0.3, -0.25) is 9.52 Å². The lowest BCUT2D eigenvalue weighted by Gasteiger charge is -2.69. The number of allylic oxidation sites excluding steroid dienone is 3. The van der Waals surface area contributed by atoms with Crippen LogP contribution in [0.1, 0.15) is 108 Å². The number of amides is 1. The first kappa shape index (κ1) is 31.6. The van der Waals surface area contributed by atoms with E-state index < -0.39 is 21.4 Å². The summed E-state index contributed by atoms with van der Waals surface area (Å²) in [6, 6.07) is 7.40. The number of fused-ring (bicyclic) bond motifs is 7. The molecular weight excluding hydrogens is 570 g/mol. The molecule has 0 saturated heterocycles. The highest BCUT2D eigenvalue weighted by molar-refractivity contribution is 7.89. The highest BCUT2D eigenvalue weighted by atomic mass is 32.2. The molecular formula is C37H51NO5S. The fraction of sp³-hybridized carbons (Fsp3) is 0.676. The maximum absolute atomic E-state index is 13.8. The van der Waals surface area contributed by atoms with Crippen LogP contribution >= 0.6 is 0 Å². The molecule has 240 valence electrons.